The number of hydrogen-bond donors (Lipinski definition) is 2. The van der Waals surface area contributed by atoms with Crippen LogP contribution in [-0.2, 0) is 4.79 Å². The summed E-state index contributed by atoms with van der Waals surface area (Å²) in [6.45, 7) is 0. The predicted octanol–water partition coefficient (Wildman–Crippen LogP) is 2.08. The van der Waals surface area contributed by atoms with Gasteiger partial charge in [0.25, 0.3) is 5.56 Å². The Kier molecular flexibility index (Phi) is 3.49. The number of fused-ring (bicyclic) bond motifs is 1. The minimum absolute atomic E-state index is 0.283. The molecule has 0 saturated heterocycles. The molecule has 2 heterocycles. The SMILES string of the molecule is O=C(O)C=Cc1ccc2nc(-c3cccnc3)[nH]c(=O)c2c1. The highest BCUT2D eigenvalue weighted by atomic mass is 16.4. The third-order valence-corrected chi connectivity index (χ3v) is 3.08. The van der Waals surface area contributed by atoms with E-state index in [0.717, 1.165) is 11.6 Å². The number of rotatable bonds is 3. The molecule has 2 N–H and O–H groups in total. The molecule has 2 aromatic heterocycles. The molecular formula is C16H11N3O3. The van der Waals surface area contributed by atoms with Gasteiger partial charge in [0.05, 0.1) is 10.9 Å². The first-order chi connectivity index (χ1) is 10.6. The highest BCUT2D eigenvalue weighted by Gasteiger charge is 2.06. The molecule has 0 amide bonds. The molecule has 0 aliphatic carbocycles. The van der Waals surface area contributed by atoms with Crippen LogP contribution < -0.4 is 5.56 Å². The number of nitrogens with one attached hydrogen (secondary N) is 1. The van der Waals surface area contributed by atoms with Crippen LogP contribution in [-0.4, -0.2) is 26.0 Å². The van der Waals surface area contributed by atoms with Crippen LogP contribution >= 0.6 is 0 Å². The highest BCUT2D eigenvalue weighted by molar-refractivity contribution is 5.87. The Bertz CT molecular complexity index is 930. The van der Waals surface area contributed by atoms with E-state index in [-0.39, 0.29) is 5.56 Å². The molecule has 0 atom stereocenters. The van der Waals surface area contributed by atoms with E-state index < -0.39 is 5.97 Å². The van der Waals surface area contributed by atoms with Crippen molar-refractivity contribution in [1.29, 1.82) is 0 Å². The molecule has 3 rings (SSSR count). The average Bonchev–Trinajstić information content (AvgIpc) is 2.54. The minimum atomic E-state index is -1.04. The Morgan fingerprint density at radius 1 is 1.27 bits per heavy atom. The predicted molar refractivity (Wildman–Crippen MR) is 82.3 cm³/mol. The van der Waals surface area contributed by atoms with Crippen LogP contribution in [0.5, 0.6) is 0 Å². The molecule has 1 aromatic carbocycles. The Morgan fingerprint density at radius 3 is 2.86 bits per heavy atom. The van der Waals surface area contributed by atoms with Crippen LogP contribution in [0.25, 0.3) is 28.4 Å². The van der Waals surface area contributed by atoms with Gasteiger partial charge < -0.3 is 10.1 Å². The summed E-state index contributed by atoms with van der Waals surface area (Å²) in [6.07, 6.45) is 5.71. The number of carbonyl (C=O) groups is 1. The molecule has 0 saturated carbocycles. The standard InChI is InChI=1S/C16H11N3O3/c20-14(21)6-4-10-3-5-13-12(8-10)16(22)19-15(18-13)11-2-1-7-17-9-11/h1-9H,(H,20,21)(H,18,19,22). The van der Waals surface area contributed by atoms with E-state index in [1.54, 1.807) is 42.7 Å². The fourth-order valence-electron chi connectivity index (χ4n) is 2.07. The lowest BCUT2D eigenvalue weighted by Gasteiger charge is -2.03. The van der Waals surface area contributed by atoms with E-state index in [1.807, 2.05) is 0 Å². The van der Waals surface area contributed by atoms with Gasteiger partial charge in [0.1, 0.15) is 5.82 Å². The normalized spacial score (nSPS) is 11.1. The smallest absolute Gasteiger partial charge is 0.328 e. The number of aromatic nitrogens is 3. The Hall–Kier alpha value is -3.28. The maximum absolute atomic E-state index is 12.2. The number of aliphatic carboxylic acids is 1. The summed E-state index contributed by atoms with van der Waals surface area (Å²) in [6, 6.07) is 8.57. The van der Waals surface area contributed by atoms with Crippen molar-refractivity contribution in [3.63, 3.8) is 0 Å². The molecule has 0 unspecified atom stereocenters. The van der Waals surface area contributed by atoms with Gasteiger partial charge in [-0.3, -0.25) is 9.78 Å². The van der Waals surface area contributed by atoms with Gasteiger partial charge in [0.2, 0.25) is 0 Å². The van der Waals surface area contributed by atoms with Crippen molar-refractivity contribution >= 4 is 22.9 Å². The number of carboxylic acid groups (broad SMARTS) is 1. The Morgan fingerprint density at radius 2 is 2.14 bits per heavy atom. The van der Waals surface area contributed by atoms with Crippen molar-refractivity contribution in [2.75, 3.05) is 0 Å². The summed E-state index contributed by atoms with van der Waals surface area (Å²) in [5, 5.41) is 9.04. The first-order valence-electron chi connectivity index (χ1n) is 6.49. The maximum Gasteiger partial charge on any atom is 0.328 e. The van der Waals surface area contributed by atoms with Crippen LogP contribution in [0.3, 0.4) is 0 Å². The largest absolute Gasteiger partial charge is 0.478 e. The molecule has 3 aromatic rings. The average molecular weight is 293 g/mol. The summed E-state index contributed by atoms with van der Waals surface area (Å²) in [5.41, 5.74) is 1.59. The lowest BCUT2D eigenvalue weighted by molar-refractivity contribution is -0.131. The van der Waals surface area contributed by atoms with Gasteiger partial charge >= 0.3 is 5.97 Å². The summed E-state index contributed by atoms with van der Waals surface area (Å²) in [4.78, 5) is 33.9. The first-order valence-corrected chi connectivity index (χ1v) is 6.49. The molecule has 0 fully saturated rings. The maximum atomic E-state index is 12.2. The summed E-state index contributed by atoms with van der Waals surface area (Å²) < 4.78 is 0. The number of nitrogens with zero attached hydrogens (tertiary/aromatic N) is 2. The Balaban J connectivity index is 2.11. The van der Waals surface area contributed by atoms with E-state index in [4.69, 9.17) is 5.11 Å². The zero-order valence-corrected chi connectivity index (χ0v) is 11.4. The fourth-order valence-corrected chi connectivity index (χ4v) is 2.07. The molecule has 108 valence electrons. The van der Waals surface area contributed by atoms with Crippen molar-refractivity contribution < 1.29 is 9.90 Å². The molecule has 0 aliphatic heterocycles. The molecular weight excluding hydrogens is 282 g/mol. The van der Waals surface area contributed by atoms with E-state index in [9.17, 15) is 9.59 Å². The second kappa shape index (κ2) is 5.61. The number of benzene rings is 1. The lowest BCUT2D eigenvalue weighted by Crippen LogP contribution is -2.09. The minimum Gasteiger partial charge on any atom is -0.478 e. The Labute approximate surface area is 124 Å². The van der Waals surface area contributed by atoms with Crippen LogP contribution in [0.4, 0.5) is 0 Å². The van der Waals surface area contributed by atoms with E-state index in [0.29, 0.717) is 22.3 Å². The lowest BCUT2D eigenvalue weighted by atomic mass is 10.1. The molecule has 0 radical (unpaired) electrons. The third kappa shape index (κ3) is 2.76. The van der Waals surface area contributed by atoms with Crippen molar-refractivity contribution in [1.82, 2.24) is 15.0 Å². The van der Waals surface area contributed by atoms with Crippen LogP contribution in [0, 0.1) is 0 Å². The van der Waals surface area contributed by atoms with Gasteiger partial charge in [-0.25, -0.2) is 9.78 Å². The molecule has 0 aliphatic rings. The molecule has 6 heteroatoms. The number of H-pyrrole nitrogens is 1. The number of pyridine rings is 1. The molecule has 6 nitrogen and oxygen atoms in total. The van der Waals surface area contributed by atoms with Gasteiger partial charge in [0, 0.05) is 24.0 Å². The van der Waals surface area contributed by atoms with Gasteiger partial charge in [-0.1, -0.05) is 6.07 Å². The van der Waals surface area contributed by atoms with Crippen LogP contribution in [0.2, 0.25) is 0 Å². The summed E-state index contributed by atoms with van der Waals surface area (Å²) >= 11 is 0. The first kappa shape index (κ1) is 13.7. The second-order valence-corrected chi connectivity index (χ2v) is 4.60. The monoisotopic (exact) mass is 293 g/mol. The van der Waals surface area contributed by atoms with E-state index in [2.05, 4.69) is 15.0 Å². The summed E-state index contributed by atoms with van der Waals surface area (Å²) in [5.74, 6) is -0.599. The van der Waals surface area contributed by atoms with Crippen molar-refractivity contribution in [2.45, 2.75) is 0 Å². The highest BCUT2D eigenvalue weighted by Crippen LogP contribution is 2.16. The number of aromatic amines is 1. The topological polar surface area (TPSA) is 95.9 Å². The zero-order chi connectivity index (χ0) is 15.5. The van der Waals surface area contributed by atoms with Crippen molar-refractivity contribution in [2.24, 2.45) is 0 Å². The van der Waals surface area contributed by atoms with Crippen molar-refractivity contribution in [3.05, 3.63) is 64.7 Å². The number of carboxylic acids is 1. The van der Waals surface area contributed by atoms with Crippen LogP contribution in [0.15, 0.2) is 53.6 Å². The third-order valence-electron chi connectivity index (χ3n) is 3.08. The zero-order valence-electron chi connectivity index (χ0n) is 11.4. The van der Waals surface area contributed by atoms with E-state index in [1.165, 1.54) is 6.08 Å². The summed E-state index contributed by atoms with van der Waals surface area (Å²) in [7, 11) is 0. The second-order valence-electron chi connectivity index (χ2n) is 4.60. The molecule has 0 bridgehead atoms. The van der Waals surface area contributed by atoms with Crippen LogP contribution in [0.1, 0.15) is 5.56 Å². The van der Waals surface area contributed by atoms with Gasteiger partial charge in [-0.05, 0) is 35.9 Å². The molecule has 0 spiro atoms. The van der Waals surface area contributed by atoms with Gasteiger partial charge in [0.15, 0.2) is 0 Å². The fraction of sp³-hybridized carbons (Fsp3) is 0. The van der Waals surface area contributed by atoms with Gasteiger partial charge in [-0.15, -0.1) is 0 Å². The van der Waals surface area contributed by atoms with Crippen molar-refractivity contribution in [3.8, 4) is 11.4 Å². The quantitative estimate of drug-likeness (QED) is 0.721. The van der Waals surface area contributed by atoms with Gasteiger partial charge in [-0.2, -0.15) is 0 Å². The molecule has 22 heavy (non-hydrogen) atoms. The number of hydrogen-bond acceptors (Lipinski definition) is 4. The van der Waals surface area contributed by atoms with E-state index >= 15 is 0 Å².